The van der Waals surface area contributed by atoms with Crippen molar-refractivity contribution in [2.75, 3.05) is 12.4 Å². The summed E-state index contributed by atoms with van der Waals surface area (Å²) in [6, 6.07) is 17.2. The first-order valence-corrected chi connectivity index (χ1v) is 10.8. The zero-order chi connectivity index (χ0) is 22.1. The Morgan fingerprint density at radius 1 is 1.03 bits per heavy atom. The van der Waals surface area contributed by atoms with E-state index in [2.05, 4.69) is 57.4 Å². The molecule has 4 rings (SSSR count). The molecule has 0 fully saturated rings. The Hall–Kier alpha value is -3.19. The Morgan fingerprint density at radius 2 is 1.71 bits per heavy atom. The number of anilines is 1. The highest BCUT2D eigenvalue weighted by Gasteiger charge is 2.13. The fraction of sp³-hybridized carbons (Fsp3) is 0.208. The molecule has 1 amide bonds. The van der Waals surface area contributed by atoms with Gasteiger partial charge in [-0.2, -0.15) is 4.80 Å². The minimum Gasteiger partial charge on any atom is -0.496 e. The average molecular weight is 479 g/mol. The third-order valence-electron chi connectivity index (χ3n) is 5.18. The van der Waals surface area contributed by atoms with E-state index in [1.54, 1.807) is 30.1 Å². The Balaban J connectivity index is 1.61. The van der Waals surface area contributed by atoms with Gasteiger partial charge in [-0.1, -0.05) is 26.0 Å². The molecule has 1 N–H and O–H groups in total. The third kappa shape index (κ3) is 4.32. The summed E-state index contributed by atoms with van der Waals surface area (Å²) in [5.41, 5.74) is 5.79. The van der Waals surface area contributed by atoms with Crippen LogP contribution in [0.3, 0.4) is 0 Å². The molecule has 1 aromatic heterocycles. The van der Waals surface area contributed by atoms with E-state index in [4.69, 9.17) is 4.74 Å². The SMILES string of the molecule is COc1ccc(C(=O)Nc2cc3nn(-c4ccc(C(C)C)cc4)nc3cc2C)cc1Br. The molecule has 0 aliphatic rings. The van der Waals surface area contributed by atoms with E-state index in [0.29, 0.717) is 28.4 Å². The number of hydrogen-bond acceptors (Lipinski definition) is 4. The van der Waals surface area contributed by atoms with E-state index >= 15 is 0 Å². The fourth-order valence-corrected chi connectivity index (χ4v) is 3.85. The van der Waals surface area contributed by atoms with Crippen LogP contribution in [0.5, 0.6) is 5.75 Å². The first-order chi connectivity index (χ1) is 14.9. The van der Waals surface area contributed by atoms with Crippen molar-refractivity contribution < 1.29 is 9.53 Å². The molecule has 31 heavy (non-hydrogen) atoms. The van der Waals surface area contributed by atoms with E-state index in [-0.39, 0.29) is 5.91 Å². The number of methoxy groups -OCH3 is 1. The van der Waals surface area contributed by atoms with E-state index in [1.807, 2.05) is 31.2 Å². The smallest absolute Gasteiger partial charge is 0.255 e. The quantitative estimate of drug-likeness (QED) is 0.389. The largest absolute Gasteiger partial charge is 0.496 e. The molecule has 3 aromatic carbocycles. The van der Waals surface area contributed by atoms with Crippen LogP contribution in [0.25, 0.3) is 16.7 Å². The van der Waals surface area contributed by atoms with Crippen LogP contribution in [0.4, 0.5) is 5.69 Å². The third-order valence-corrected chi connectivity index (χ3v) is 5.80. The van der Waals surface area contributed by atoms with E-state index < -0.39 is 0 Å². The minimum absolute atomic E-state index is 0.206. The van der Waals surface area contributed by atoms with Crippen molar-refractivity contribution in [1.82, 2.24) is 15.0 Å². The van der Waals surface area contributed by atoms with Gasteiger partial charge in [0.05, 0.1) is 17.3 Å². The molecule has 0 aliphatic heterocycles. The van der Waals surface area contributed by atoms with Crippen LogP contribution in [-0.4, -0.2) is 28.0 Å². The van der Waals surface area contributed by atoms with Gasteiger partial charge in [0, 0.05) is 11.3 Å². The van der Waals surface area contributed by atoms with Crippen LogP contribution < -0.4 is 10.1 Å². The monoisotopic (exact) mass is 478 g/mol. The molecule has 0 aliphatic carbocycles. The van der Waals surface area contributed by atoms with Crippen molar-refractivity contribution in [3.63, 3.8) is 0 Å². The molecule has 0 unspecified atom stereocenters. The van der Waals surface area contributed by atoms with Crippen molar-refractivity contribution in [3.8, 4) is 11.4 Å². The summed E-state index contributed by atoms with van der Waals surface area (Å²) in [6.07, 6.45) is 0. The van der Waals surface area contributed by atoms with E-state index in [1.165, 1.54) is 5.56 Å². The highest BCUT2D eigenvalue weighted by molar-refractivity contribution is 9.10. The molecule has 0 saturated carbocycles. The number of nitrogens with zero attached hydrogens (tertiary/aromatic N) is 3. The van der Waals surface area contributed by atoms with Crippen molar-refractivity contribution in [1.29, 1.82) is 0 Å². The zero-order valence-electron chi connectivity index (χ0n) is 17.8. The zero-order valence-corrected chi connectivity index (χ0v) is 19.4. The van der Waals surface area contributed by atoms with Crippen molar-refractivity contribution in [2.24, 2.45) is 0 Å². The topological polar surface area (TPSA) is 69.0 Å². The number of carbonyl (C=O) groups excluding carboxylic acids is 1. The second-order valence-electron chi connectivity index (χ2n) is 7.69. The number of nitrogens with one attached hydrogen (secondary N) is 1. The van der Waals surface area contributed by atoms with Gasteiger partial charge in [-0.25, -0.2) is 0 Å². The number of carbonyl (C=O) groups is 1. The summed E-state index contributed by atoms with van der Waals surface area (Å²) >= 11 is 3.42. The number of hydrogen-bond donors (Lipinski definition) is 1. The normalized spacial score (nSPS) is 11.2. The van der Waals surface area contributed by atoms with Crippen LogP contribution in [0.15, 0.2) is 59.1 Å². The fourth-order valence-electron chi connectivity index (χ4n) is 3.31. The van der Waals surface area contributed by atoms with Crippen molar-refractivity contribution in [3.05, 3.63) is 75.8 Å². The molecule has 158 valence electrons. The summed E-state index contributed by atoms with van der Waals surface area (Å²) in [7, 11) is 1.59. The second-order valence-corrected chi connectivity index (χ2v) is 8.55. The summed E-state index contributed by atoms with van der Waals surface area (Å²) in [5, 5.41) is 12.2. The predicted octanol–water partition coefficient (Wildman–Crippen LogP) is 5.88. The van der Waals surface area contributed by atoms with Crippen LogP contribution in [0.2, 0.25) is 0 Å². The maximum Gasteiger partial charge on any atom is 0.255 e. The van der Waals surface area contributed by atoms with Crippen LogP contribution in [0.1, 0.15) is 41.3 Å². The number of halogens is 1. The Labute approximate surface area is 189 Å². The lowest BCUT2D eigenvalue weighted by atomic mass is 10.0. The highest BCUT2D eigenvalue weighted by atomic mass is 79.9. The van der Waals surface area contributed by atoms with Gasteiger partial charge >= 0.3 is 0 Å². The van der Waals surface area contributed by atoms with Gasteiger partial charge in [-0.15, -0.1) is 10.2 Å². The van der Waals surface area contributed by atoms with Crippen LogP contribution in [-0.2, 0) is 0 Å². The summed E-state index contributed by atoms with van der Waals surface area (Å²) < 4.78 is 5.95. The van der Waals surface area contributed by atoms with Gasteiger partial charge in [0.2, 0.25) is 0 Å². The van der Waals surface area contributed by atoms with E-state index in [9.17, 15) is 4.79 Å². The molecule has 4 aromatic rings. The van der Waals surface area contributed by atoms with Crippen molar-refractivity contribution in [2.45, 2.75) is 26.7 Å². The number of fused-ring (bicyclic) bond motifs is 1. The maximum atomic E-state index is 12.8. The standard InChI is InChI=1S/C24H23BrN4O2/c1-14(2)16-5-8-18(9-6-16)29-27-21-11-15(3)20(13-22(21)28-29)26-24(30)17-7-10-23(31-4)19(25)12-17/h5-14H,1-4H3,(H,26,30). The molecule has 6 nitrogen and oxygen atoms in total. The molecule has 0 atom stereocenters. The second kappa shape index (κ2) is 8.51. The number of benzene rings is 3. The molecule has 0 bridgehead atoms. The minimum atomic E-state index is -0.206. The number of aryl methyl sites for hydroxylation is 1. The Bertz CT molecular complexity index is 1260. The first kappa shape index (κ1) is 21.1. The molecular formula is C24H23BrN4O2. The van der Waals surface area contributed by atoms with Gasteiger partial charge < -0.3 is 10.1 Å². The Kier molecular flexibility index (Phi) is 5.78. The molecule has 0 saturated heterocycles. The van der Waals surface area contributed by atoms with Crippen molar-refractivity contribution >= 4 is 38.6 Å². The summed E-state index contributed by atoms with van der Waals surface area (Å²) in [5.74, 6) is 0.938. The number of ether oxygens (including phenoxy) is 1. The summed E-state index contributed by atoms with van der Waals surface area (Å²) in [6.45, 7) is 6.27. The van der Waals surface area contributed by atoms with Gasteiger partial charge in [0.25, 0.3) is 5.91 Å². The number of aromatic nitrogens is 3. The molecular weight excluding hydrogens is 456 g/mol. The predicted molar refractivity (Wildman–Crippen MR) is 126 cm³/mol. The number of amides is 1. The van der Waals surface area contributed by atoms with Crippen LogP contribution >= 0.6 is 15.9 Å². The number of rotatable bonds is 5. The average Bonchev–Trinajstić information content (AvgIpc) is 3.16. The van der Waals surface area contributed by atoms with E-state index in [0.717, 1.165) is 21.2 Å². The lowest BCUT2D eigenvalue weighted by Crippen LogP contribution is -2.12. The molecule has 0 radical (unpaired) electrons. The van der Waals surface area contributed by atoms with Gasteiger partial charge in [-0.3, -0.25) is 4.79 Å². The molecule has 7 heteroatoms. The van der Waals surface area contributed by atoms with Crippen LogP contribution in [0, 0.1) is 6.92 Å². The lowest BCUT2D eigenvalue weighted by molar-refractivity contribution is 0.102. The molecule has 0 spiro atoms. The highest BCUT2D eigenvalue weighted by Crippen LogP contribution is 2.27. The molecule has 1 heterocycles. The maximum absolute atomic E-state index is 12.8. The van der Waals surface area contributed by atoms with Gasteiger partial charge in [-0.05, 0) is 82.4 Å². The van der Waals surface area contributed by atoms with Gasteiger partial charge in [0.15, 0.2) is 0 Å². The summed E-state index contributed by atoms with van der Waals surface area (Å²) in [4.78, 5) is 14.4. The Morgan fingerprint density at radius 3 is 2.32 bits per heavy atom. The van der Waals surface area contributed by atoms with Gasteiger partial charge in [0.1, 0.15) is 16.8 Å². The first-order valence-electron chi connectivity index (χ1n) is 9.98. The lowest BCUT2D eigenvalue weighted by Gasteiger charge is -2.09.